The third-order valence-electron chi connectivity index (χ3n) is 5.98. The van der Waals surface area contributed by atoms with Crippen LogP contribution in [0.2, 0.25) is 0 Å². The van der Waals surface area contributed by atoms with Gasteiger partial charge in [-0.05, 0) is 46.8 Å². The lowest BCUT2D eigenvalue weighted by Crippen LogP contribution is -2.24. The molecule has 0 bridgehead atoms. The molecule has 154 valence electrons. The molecule has 0 aliphatic carbocycles. The Bertz CT molecular complexity index is 1660. The van der Waals surface area contributed by atoms with Crippen molar-refractivity contribution in [3.63, 3.8) is 0 Å². The number of aromatic amines is 1. The molecule has 0 aliphatic rings. The molecule has 5 heteroatoms. The van der Waals surface area contributed by atoms with E-state index in [1.54, 1.807) is 10.9 Å². The van der Waals surface area contributed by atoms with Crippen molar-refractivity contribution in [1.82, 2.24) is 19.7 Å². The lowest BCUT2D eigenvalue weighted by molar-refractivity contribution is 0.580. The normalized spacial score (nSPS) is 11.5. The molecule has 6 rings (SSSR count). The Morgan fingerprint density at radius 2 is 1.75 bits per heavy atom. The third kappa shape index (κ3) is 3.15. The van der Waals surface area contributed by atoms with Gasteiger partial charge >= 0.3 is 0 Å². The summed E-state index contributed by atoms with van der Waals surface area (Å²) in [6.45, 7) is 0.477. The molecule has 3 aromatic carbocycles. The molecule has 0 amide bonds. The Kier molecular flexibility index (Phi) is 4.32. The Hall–Kier alpha value is -4.25. The summed E-state index contributed by atoms with van der Waals surface area (Å²) in [5.41, 5.74) is 4.86. The fraction of sp³-hybridized carbons (Fsp3) is 0.0741. The predicted molar refractivity (Wildman–Crippen MR) is 129 cm³/mol. The van der Waals surface area contributed by atoms with E-state index in [1.165, 1.54) is 0 Å². The van der Waals surface area contributed by atoms with Gasteiger partial charge in [0.05, 0.1) is 23.6 Å². The molecule has 5 nitrogen and oxygen atoms in total. The van der Waals surface area contributed by atoms with Crippen LogP contribution >= 0.6 is 0 Å². The second-order valence-electron chi connectivity index (χ2n) is 7.97. The number of rotatable bonds is 4. The summed E-state index contributed by atoms with van der Waals surface area (Å²) in [7, 11) is 0. The maximum atomic E-state index is 13.4. The van der Waals surface area contributed by atoms with E-state index in [0.29, 0.717) is 18.4 Å². The van der Waals surface area contributed by atoms with Crippen molar-refractivity contribution in [2.24, 2.45) is 0 Å². The second kappa shape index (κ2) is 7.46. The molecule has 0 saturated carbocycles. The van der Waals surface area contributed by atoms with Gasteiger partial charge in [-0.25, -0.2) is 4.68 Å². The summed E-state index contributed by atoms with van der Waals surface area (Å²) in [6, 6.07) is 26.3. The van der Waals surface area contributed by atoms with Crippen LogP contribution in [0.5, 0.6) is 0 Å². The summed E-state index contributed by atoms with van der Waals surface area (Å²) >= 11 is 0. The van der Waals surface area contributed by atoms with Crippen LogP contribution in [0.4, 0.5) is 0 Å². The lowest BCUT2D eigenvalue weighted by Gasteiger charge is -2.10. The van der Waals surface area contributed by atoms with Gasteiger partial charge in [-0.1, -0.05) is 48.5 Å². The zero-order valence-electron chi connectivity index (χ0n) is 17.3. The smallest absolute Gasteiger partial charge is 0.275 e. The van der Waals surface area contributed by atoms with Crippen LogP contribution in [0.15, 0.2) is 96.1 Å². The molecular weight excluding hydrogens is 396 g/mol. The Morgan fingerprint density at radius 1 is 0.844 bits per heavy atom. The molecule has 0 spiro atoms. The Labute approximate surface area is 184 Å². The first-order valence-corrected chi connectivity index (χ1v) is 10.7. The molecule has 0 aliphatic heterocycles. The van der Waals surface area contributed by atoms with E-state index in [0.717, 1.165) is 44.0 Å². The van der Waals surface area contributed by atoms with E-state index in [1.807, 2.05) is 60.8 Å². The summed E-state index contributed by atoms with van der Waals surface area (Å²) in [5, 5.41) is 8.21. The van der Waals surface area contributed by atoms with Crippen molar-refractivity contribution in [1.29, 1.82) is 0 Å². The van der Waals surface area contributed by atoms with Gasteiger partial charge in [-0.3, -0.25) is 9.78 Å². The van der Waals surface area contributed by atoms with Gasteiger partial charge in [-0.15, -0.1) is 0 Å². The van der Waals surface area contributed by atoms with E-state index in [-0.39, 0.29) is 5.56 Å². The highest BCUT2D eigenvalue weighted by molar-refractivity contribution is 5.97. The topological polar surface area (TPSA) is 63.6 Å². The van der Waals surface area contributed by atoms with Crippen LogP contribution in [0, 0.1) is 0 Å². The second-order valence-corrected chi connectivity index (χ2v) is 7.97. The number of hydrogen-bond acceptors (Lipinski definition) is 3. The minimum absolute atomic E-state index is 0.0759. The van der Waals surface area contributed by atoms with Gasteiger partial charge in [0.25, 0.3) is 5.56 Å². The fourth-order valence-corrected chi connectivity index (χ4v) is 4.32. The number of fused-ring (bicyclic) bond motifs is 3. The van der Waals surface area contributed by atoms with E-state index in [2.05, 4.69) is 34.3 Å². The van der Waals surface area contributed by atoms with Crippen LogP contribution in [-0.2, 0) is 13.0 Å². The van der Waals surface area contributed by atoms with E-state index in [4.69, 9.17) is 4.98 Å². The highest BCUT2D eigenvalue weighted by Gasteiger charge is 2.12. The maximum Gasteiger partial charge on any atom is 0.275 e. The van der Waals surface area contributed by atoms with Crippen molar-refractivity contribution in [3.05, 3.63) is 107 Å². The average Bonchev–Trinajstić information content (AvgIpc) is 3.31. The Morgan fingerprint density at radius 3 is 2.72 bits per heavy atom. The number of H-pyrrole nitrogens is 1. The van der Waals surface area contributed by atoms with Gasteiger partial charge in [0, 0.05) is 34.6 Å². The highest BCUT2D eigenvalue weighted by Crippen LogP contribution is 2.28. The number of nitrogens with one attached hydrogen (secondary N) is 1. The number of aryl methyl sites for hydroxylation is 2. The van der Waals surface area contributed by atoms with Crippen LogP contribution in [-0.4, -0.2) is 19.7 Å². The van der Waals surface area contributed by atoms with Crippen LogP contribution in [0.1, 0.15) is 5.69 Å². The number of benzene rings is 3. The molecule has 6 aromatic rings. The molecule has 32 heavy (non-hydrogen) atoms. The summed E-state index contributed by atoms with van der Waals surface area (Å²) in [5.74, 6) is 0. The Balaban J connectivity index is 1.39. The summed E-state index contributed by atoms with van der Waals surface area (Å²) in [6.07, 6.45) is 4.35. The first kappa shape index (κ1) is 18.5. The van der Waals surface area contributed by atoms with E-state index in [9.17, 15) is 4.79 Å². The molecule has 0 radical (unpaired) electrons. The van der Waals surface area contributed by atoms with E-state index >= 15 is 0 Å². The first-order valence-electron chi connectivity index (χ1n) is 10.7. The van der Waals surface area contributed by atoms with Crippen molar-refractivity contribution < 1.29 is 0 Å². The number of nitrogens with zero attached hydrogens (tertiary/aromatic N) is 3. The lowest BCUT2D eigenvalue weighted by atomic mass is 9.99. The van der Waals surface area contributed by atoms with Crippen LogP contribution in [0.25, 0.3) is 43.7 Å². The van der Waals surface area contributed by atoms with Gasteiger partial charge in [0.1, 0.15) is 0 Å². The third-order valence-corrected chi connectivity index (χ3v) is 5.98. The number of aromatic nitrogens is 4. The SMILES string of the molecule is O=c1c2c(-c3ccc4[nH]ccc4c3)cccc2cnn1CCc1ccc2ccccc2n1. The van der Waals surface area contributed by atoms with Crippen molar-refractivity contribution in [3.8, 4) is 11.1 Å². The zero-order valence-corrected chi connectivity index (χ0v) is 17.3. The van der Waals surface area contributed by atoms with Crippen molar-refractivity contribution >= 4 is 32.6 Å². The highest BCUT2D eigenvalue weighted by atomic mass is 16.1. The average molecular weight is 416 g/mol. The minimum atomic E-state index is -0.0759. The summed E-state index contributed by atoms with van der Waals surface area (Å²) < 4.78 is 1.55. The van der Waals surface area contributed by atoms with Gasteiger partial charge in [0.2, 0.25) is 0 Å². The quantitative estimate of drug-likeness (QED) is 0.422. The van der Waals surface area contributed by atoms with Gasteiger partial charge < -0.3 is 4.98 Å². The number of para-hydroxylation sites is 1. The molecule has 3 aromatic heterocycles. The largest absolute Gasteiger partial charge is 0.361 e. The van der Waals surface area contributed by atoms with Crippen molar-refractivity contribution in [2.75, 3.05) is 0 Å². The standard InChI is InChI=1S/C27H20N4O/c32-27-26-21(5-3-6-23(26)19-9-11-24-20(16-19)12-14-28-24)17-29-31(27)15-13-22-10-8-18-4-1-2-7-25(18)30-22/h1-12,14,16-17,28H,13,15H2. The molecule has 3 heterocycles. The minimum Gasteiger partial charge on any atom is -0.361 e. The number of pyridine rings is 1. The summed E-state index contributed by atoms with van der Waals surface area (Å²) in [4.78, 5) is 21.4. The molecule has 0 unspecified atom stereocenters. The van der Waals surface area contributed by atoms with Gasteiger partial charge in [0.15, 0.2) is 0 Å². The molecule has 0 fully saturated rings. The van der Waals surface area contributed by atoms with Crippen LogP contribution < -0.4 is 5.56 Å². The van der Waals surface area contributed by atoms with Crippen molar-refractivity contribution in [2.45, 2.75) is 13.0 Å². The molecule has 0 saturated heterocycles. The molecule has 1 N–H and O–H groups in total. The molecular formula is C27H20N4O. The maximum absolute atomic E-state index is 13.4. The molecule has 0 atom stereocenters. The first-order chi connectivity index (χ1) is 15.8. The number of hydrogen-bond donors (Lipinski definition) is 1. The predicted octanol–water partition coefficient (Wildman–Crippen LogP) is 5.34. The van der Waals surface area contributed by atoms with E-state index < -0.39 is 0 Å². The monoisotopic (exact) mass is 416 g/mol. The van der Waals surface area contributed by atoms with Crippen LogP contribution in [0.3, 0.4) is 0 Å². The zero-order chi connectivity index (χ0) is 21.5. The van der Waals surface area contributed by atoms with Gasteiger partial charge in [-0.2, -0.15) is 5.10 Å². The fourth-order valence-electron chi connectivity index (χ4n) is 4.32.